The van der Waals surface area contributed by atoms with Crippen LogP contribution in [0.4, 0.5) is 0 Å². The number of rotatable bonds is 18. The molecule has 0 aromatic rings. The molecule has 2 aliphatic rings. The van der Waals surface area contributed by atoms with E-state index in [0.717, 1.165) is 0 Å². The molecule has 2 aliphatic heterocycles. The molecule has 276 valence electrons. The van der Waals surface area contributed by atoms with Gasteiger partial charge in [0.25, 0.3) is 0 Å². The monoisotopic (exact) mass is 704 g/mol. The van der Waals surface area contributed by atoms with E-state index in [4.69, 9.17) is 91.6 Å². The Bertz CT molecular complexity index is 946. The van der Waals surface area contributed by atoms with Crippen molar-refractivity contribution in [3.63, 3.8) is 0 Å². The quantitative estimate of drug-likeness (QED) is 0.0753. The average molecular weight is 705 g/mol. The third kappa shape index (κ3) is 17.1. The molecule has 0 aromatic carbocycles. The van der Waals surface area contributed by atoms with Crippen molar-refractivity contribution in [1.82, 2.24) is 0 Å². The second-order valence-corrected chi connectivity index (χ2v) is 9.13. The van der Waals surface area contributed by atoms with Gasteiger partial charge in [-0.1, -0.05) is 6.92 Å². The number of hydrogen-bond donors (Lipinski definition) is 3. The van der Waals surface area contributed by atoms with E-state index in [9.17, 15) is 9.59 Å². The average Bonchev–Trinajstić information content (AvgIpc) is 3.03. The van der Waals surface area contributed by atoms with Crippen LogP contribution in [0.3, 0.4) is 0 Å². The van der Waals surface area contributed by atoms with Crippen molar-refractivity contribution in [3.8, 4) is 0 Å². The first kappa shape index (κ1) is 46.7. The van der Waals surface area contributed by atoms with Crippen LogP contribution in [0.5, 0.6) is 0 Å². The van der Waals surface area contributed by atoms with E-state index >= 15 is 0 Å². The van der Waals surface area contributed by atoms with Crippen molar-refractivity contribution in [3.05, 3.63) is 0 Å². The third-order valence-electron chi connectivity index (χ3n) is 6.39. The fraction of sp³-hybridized carbons (Fsp3) is 0.808. The van der Waals surface area contributed by atoms with Crippen LogP contribution in [0.25, 0.3) is 0 Å². The molecule has 48 heavy (non-hydrogen) atoms. The fourth-order valence-electron chi connectivity index (χ4n) is 4.61. The highest BCUT2D eigenvalue weighted by molar-refractivity contribution is 5.68. The van der Waals surface area contributed by atoms with E-state index in [1.54, 1.807) is 0 Å². The molecule has 10 atom stereocenters. The summed E-state index contributed by atoms with van der Waals surface area (Å²) >= 11 is 0. The first-order valence-electron chi connectivity index (χ1n) is 13.5. The maximum absolute atomic E-state index is 11.2. The van der Waals surface area contributed by atoms with Crippen molar-refractivity contribution >= 4 is 30.4 Å². The Kier molecular flexibility index (Phi) is 27.8. The first-order valence-corrected chi connectivity index (χ1v) is 13.5. The topological polar surface area (TPSA) is 299 Å². The number of carboxylic acid groups (broad SMARTS) is 2. The molecule has 0 amide bonds. The highest BCUT2D eigenvalue weighted by Crippen LogP contribution is 2.35. The van der Waals surface area contributed by atoms with E-state index in [1.807, 2.05) is 6.92 Å². The number of carbonyl (C=O) groups is 2. The normalized spacial score (nSPS) is 29.0. The Labute approximate surface area is 273 Å². The van der Waals surface area contributed by atoms with Gasteiger partial charge in [0.1, 0.15) is 50.3 Å². The van der Waals surface area contributed by atoms with Gasteiger partial charge in [0.05, 0.1) is 32.0 Å². The molecule has 0 bridgehead atoms. The van der Waals surface area contributed by atoms with Crippen molar-refractivity contribution in [2.75, 3.05) is 68.1 Å². The molecular formula is C26H40O22. The Balaban J connectivity index is 0. The summed E-state index contributed by atoms with van der Waals surface area (Å²) in [7, 11) is 5.69. The van der Waals surface area contributed by atoms with Crippen LogP contribution in [-0.2, 0) is 90.6 Å². The minimum absolute atomic E-state index is 0.0148. The lowest BCUT2D eigenvalue weighted by Crippen LogP contribution is -2.65. The van der Waals surface area contributed by atoms with Crippen molar-refractivity contribution in [1.29, 1.82) is 0 Å². The molecule has 3 N–H and O–H groups in total. The van der Waals surface area contributed by atoms with Gasteiger partial charge in [-0.25, -0.2) is 14.5 Å². The maximum atomic E-state index is 11.2. The number of carbonyl (C=O) groups excluding carboxylic acids is 6. The summed E-state index contributed by atoms with van der Waals surface area (Å²) < 4.78 is 57.4. The van der Waals surface area contributed by atoms with E-state index in [-0.39, 0.29) is 50.8 Å². The standard InChI is InChI=1S/C23H40O16.3CO2/c1-12-13(9-33-10-15(24)25)37-23(20(31-4)17(12)34-6-7-36-28)39-18-14(8-29-2)38-22(32-5)21(19(18)30-3)35-11-16(26)27;3*2-1-3/h12-14,17-23,28H,6-11H2,1-5H3,(H,24,25)(H,26,27);;;/t12-,13?,14?,17?,18+,19?,20?,21?,22?,23?;;;/m1.../s1. The summed E-state index contributed by atoms with van der Waals surface area (Å²) in [4.78, 5) is 75.0. The zero-order valence-corrected chi connectivity index (χ0v) is 26.6. The molecule has 0 saturated carbocycles. The van der Waals surface area contributed by atoms with Crippen molar-refractivity contribution in [2.45, 2.75) is 62.2 Å². The Hall–Kier alpha value is -3.40. The second-order valence-electron chi connectivity index (χ2n) is 9.13. The molecular weight excluding hydrogens is 664 g/mol. The second kappa shape index (κ2) is 28.6. The minimum atomic E-state index is -1.20. The van der Waals surface area contributed by atoms with Gasteiger partial charge in [0.15, 0.2) is 12.6 Å². The summed E-state index contributed by atoms with van der Waals surface area (Å²) in [6.45, 7) is 0.513. The van der Waals surface area contributed by atoms with Crippen LogP contribution in [0.15, 0.2) is 0 Å². The van der Waals surface area contributed by atoms with Crippen LogP contribution in [0, 0.1) is 5.92 Å². The predicted octanol–water partition coefficient (Wildman–Crippen LogP) is -2.52. The Morgan fingerprint density at radius 1 is 0.646 bits per heavy atom. The zero-order chi connectivity index (χ0) is 37.1. The predicted molar refractivity (Wildman–Crippen MR) is 141 cm³/mol. The number of carboxylic acids is 2. The lowest BCUT2D eigenvalue weighted by atomic mass is 9.90. The van der Waals surface area contributed by atoms with Gasteiger partial charge in [-0.2, -0.15) is 28.8 Å². The molecule has 0 aliphatic carbocycles. The molecule has 2 fully saturated rings. The van der Waals surface area contributed by atoms with Gasteiger partial charge in [0, 0.05) is 34.4 Å². The lowest BCUT2D eigenvalue weighted by molar-refractivity contribution is -0.363. The number of aliphatic carboxylic acids is 2. The Morgan fingerprint density at radius 3 is 1.65 bits per heavy atom. The van der Waals surface area contributed by atoms with Crippen molar-refractivity contribution < 1.29 is 106 Å². The summed E-state index contributed by atoms with van der Waals surface area (Å²) in [5.41, 5.74) is 0. The summed E-state index contributed by atoms with van der Waals surface area (Å²) in [6, 6.07) is 0. The minimum Gasteiger partial charge on any atom is -0.480 e. The van der Waals surface area contributed by atoms with Gasteiger partial charge in [-0.05, 0) is 0 Å². The number of methoxy groups -OCH3 is 4. The Morgan fingerprint density at radius 2 is 1.19 bits per heavy atom. The molecule has 0 radical (unpaired) electrons. The fourth-order valence-corrected chi connectivity index (χ4v) is 4.61. The van der Waals surface area contributed by atoms with Gasteiger partial charge in [0.2, 0.25) is 0 Å². The van der Waals surface area contributed by atoms with Crippen LogP contribution in [0.2, 0.25) is 0 Å². The smallest absolute Gasteiger partial charge is 0.373 e. The molecule has 22 heteroatoms. The first-order chi connectivity index (χ1) is 23.0. The van der Waals surface area contributed by atoms with Crippen LogP contribution in [0.1, 0.15) is 6.92 Å². The summed E-state index contributed by atoms with van der Waals surface area (Å²) in [5, 5.41) is 26.8. The SMILES string of the molecule is COCC1OC(OC)C(OCC(=O)O)C(OC)[C@H]1OC1OC(COCC(=O)O)[C@@H](C)C(OCCOO)C1OC.O=C=O.O=C=O.O=C=O. The lowest BCUT2D eigenvalue weighted by Gasteiger charge is -2.49. The van der Waals surface area contributed by atoms with Gasteiger partial charge in [-0.3, -0.25) is 5.26 Å². The molecule has 2 saturated heterocycles. The van der Waals surface area contributed by atoms with E-state index in [0.29, 0.717) is 0 Å². The third-order valence-corrected chi connectivity index (χ3v) is 6.39. The molecule has 2 heterocycles. The van der Waals surface area contributed by atoms with E-state index in [1.165, 1.54) is 28.4 Å². The molecule has 22 nitrogen and oxygen atoms in total. The van der Waals surface area contributed by atoms with Crippen LogP contribution >= 0.6 is 0 Å². The van der Waals surface area contributed by atoms with E-state index < -0.39 is 80.5 Å². The summed E-state index contributed by atoms with van der Waals surface area (Å²) in [5.74, 6) is -2.70. The van der Waals surface area contributed by atoms with Gasteiger partial charge >= 0.3 is 30.4 Å². The van der Waals surface area contributed by atoms with Crippen molar-refractivity contribution in [2.24, 2.45) is 5.92 Å². The van der Waals surface area contributed by atoms with Gasteiger partial charge < -0.3 is 57.6 Å². The van der Waals surface area contributed by atoms with Gasteiger partial charge in [-0.15, -0.1) is 0 Å². The summed E-state index contributed by atoms with van der Waals surface area (Å²) in [6.07, 6.45) is -7.10. The highest BCUT2D eigenvalue weighted by atomic mass is 17.1. The molecule has 0 spiro atoms. The van der Waals surface area contributed by atoms with Crippen LogP contribution in [-0.4, -0.2) is 169 Å². The zero-order valence-electron chi connectivity index (χ0n) is 26.6. The number of hydrogen-bond acceptors (Lipinski definition) is 20. The number of ether oxygens (including phenoxy) is 10. The maximum Gasteiger partial charge on any atom is 0.373 e. The van der Waals surface area contributed by atoms with Crippen LogP contribution < -0.4 is 0 Å². The molecule has 2 rings (SSSR count). The molecule has 0 aromatic heterocycles. The van der Waals surface area contributed by atoms with E-state index in [2.05, 4.69) is 4.89 Å². The highest BCUT2D eigenvalue weighted by Gasteiger charge is 2.53. The largest absolute Gasteiger partial charge is 0.480 e. The molecule has 8 unspecified atom stereocenters.